The highest BCUT2D eigenvalue weighted by atomic mass is 16.5. The molecular weight excluding hydrogens is 364 g/mol. The second kappa shape index (κ2) is 9.31. The largest absolute Gasteiger partial charge is 0.493 e. The number of nitrogens with one attached hydrogen (secondary N) is 2. The van der Waals surface area contributed by atoms with Gasteiger partial charge >= 0.3 is 0 Å². The summed E-state index contributed by atoms with van der Waals surface area (Å²) in [5.41, 5.74) is 5.11. The normalized spacial score (nSPS) is 18.3. The second-order valence-corrected chi connectivity index (χ2v) is 8.18. The van der Waals surface area contributed by atoms with E-state index in [0.717, 1.165) is 31.0 Å². The van der Waals surface area contributed by atoms with Gasteiger partial charge in [-0.3, -0.25) is 4.79 Å². The lowest BCUT2D eigenvalue weighted by Crippen LogP contribution is -3.12. The summed E-state index contributed by atoms with van der Waals surface area (Å²) >= 11 is 0. The highest BCUT2D eigenvalue weighted by molar-refractivity contribution is 5.77. The predicted octanol–water partition coefficient (Wildman–Crippen LogP) is 2.47. The smallest absolute Gasteiger partial charge is 0.222 e. The Morgan fingerprint density at radius 2 is 1.90 bits per heavy atom. The summed E-state index contributed by atoms with van der Waals surface area (Å²) in [6.45, 7) is 8.53. The molecular formula is C24H33N2O3+. The Labute approximate surface area is 174 Å². The molecule has 1 aliphatic heterocycles. The Kier molecular flexibility index (Phi) is 6.80. The molecule has 156 valence electrons. The van der Waals surface area contributed by atoms with Gasteiger partial charge in [0.05, 0.1) is 27.3 Å². The first-order valence-electron chi connectivity index (χ1n) is 10.4. The first-order chi connectivity index (χ1) is 13.9. The summed E-state index contributed by atoms with van der Waals surface area (Å²) in [4.78, 5) is 13.7. The average Bonchev–Trinajstić information content (AvgIpc) is 2.71. The SMILES string of the molecule is COc1cc2c(cc1OC)[C@H](CNC(=O)C(C)C)[NH+](Cc1cccc(C)c1)CC2. The van der Waals surface area contributed by atoms with Gasteiger partial charge in [0.1, 0.15) is 12.6 Å². The number of quaternary nitrogens is 1. The van der Waals surface area contributed by atoms with Crippen molar-refractivity contribution < 1.29 is 19.2 Å². The number of fused-ring (bicyclic) bond motifs is 1. The van der Waals surface area contributed by atoms with E-state index in [1.54, 1.807) is 14.2 Å². The highest BCUT2D eigenvalue weighted by Gasteiger charge is 2.33. The van der Waals surface area contributed by atoms with Crippen LogP contribution < -0.4 is 19.7 Å². The summed E-state index contributed by atoms with van der Waals surface area (Å²) in [6.07, 6.45) is 0.978. The lowest BCUT2D eigenvalue weighted by Gasteiger charge is -2.35. The fourth-order valence-electron chi connectivity index (χ4n) is 4.12. The van der Waals surface area contributed by atoms with E-state index in [2.05, 4.69) is 48.6 Å². The van der Waals surface area contributed by atoms with Gasteiger partial charge in [0.2, 0.25) is 5.91 Å². The molecule has 2 aromatic carbocycles. The number of methoxy groups -OCH3 is 2. The molecule has 2 aromatic rings. The molecule has 0 saturated carbocycles. The van der Waals surface area contributed by atoms with Crippen LogP contribution in [0.3, 0.4) is 0 Å². The molecule has 1 amide bonds. The third kappa shape index (κ3) is 4.91. The van der Waals surface area contributed by atoms with Gasteiger partial charge in [0, 0.05) is 23.5 Å². The van der Waals surface area contributed by atoms with E-state index >= 15 is 0 Å². The molecule has 5 nitrogen and oxygen atoms in total. The Hall–Kier alpha value is -2.53. The molecule has 0 radical (unpaired) electrons. The number of carbonyl (C=O) groups excluding carboxylic acids is 1. The molecule has 2 N–H and O–H groups in total. The van der Waals surface area contributed by atoms with E-state index < -0.39 is 0 Å². The zero-order valence-electron chi connectivity index (χ0n) is 18.2. The van der Waals surface area contributed by atoms with Crippen LogP contribution in [0, 0.1) is 12.8 Å². The standard InChI is InChI=1S/C24H32N2O3/c1-16(2)24(27)25-14-21-20-13-23(29-5)22(28-4)12-19(20)9-10-26(21)15-18-8-6-7-17(3)11-18/h6-8,11-13,16,21H,9-10,14-15H2,1-5H3,(H,25,27)/p+1/t21-/m0/s1. The maximum absolute atomic E-state index is 12.3. The third-order valence-electron chi connectivity index (χ3n) is 5.75. The van der Waals surface area contributed by atoms with E-state index in [1.165, 1.54) is 27.2 Å². The van der Waals surface area contributed by atoms with Gasteiger partial charge in [-0.25, -0.2) is 0 Å². The fourth-order valence-corrected chi connectivity index (χ4v) is 4.12. The van der Waals surface area contributed by atoms with Crippen molar-refractivity contribution in [1.82, 2.24) is 5.32 Å². The Morgan fingerprint density at radius 1 is 1.17 bits per heavy atom. The molecule has 0 spiro atoms. The van der Waals surface area contributed by atoms with Gasteiger partial charge < -0.3 is 19.7 Å². The van der Waals surface area contributed by atoms with Crippen LogP contribution in [0.5, 0.6) is 11.5 Å². The highest BCUT2D eigenvalue weighted by Crippen LogP contribution is 2.34. The van der Waals surface area contributed by atoms with Crippen molar-refractivity contribution in [2.45, 2.75) is 39.8 Å². The van der Waals surface area contributed by atoms with Crippen molar-refractivity contribution in [1.29, 1.82) is 0 Å². The number of amides is 1. The van der Waals surface area contributed by atoms with E-state index in [-0.39, 0.29) is 17.9 Å². The van der Waals surface area contributed by atoms with Gasteiger partial charge in [-0.2, -0.15) is 0 Å². The second-order valence-electron chi connectivity index (χ2n) is 8.18. The number of carbonyl (C=O) groups is 1. The fraction of sp³-hybridized carbons (Fsp3) is 0.458. The van der Waals surface area contributed by atoms with Crippen molar-refractivity contribution in [2.24, 2.45) is 5.92 Å². The van der Waals surface area contributed by atoms with Crippen molar-refractivity contribution in [3.63, 3.8) is 0 Å². The van der Waals surface area contributed by atoms with Crippen LogP contribution in [0.2, 0.25) is 0 Å². The molecule has 0 aliphatic carbocycles. The lowest BCUT2D eigenvalue weighted by atomic mass is 9.91. The topological polar surface area (TPSA) is 52.0 Å². The van der Waals surface area contributed by atoms with Gasteiger partial charge in [-0.05, 0) is 24.6 Å². The number of hydrogen-bond donors (Lipinski definition) is 2. The Bertz CT molecular complexity index is 863. The molecule has 5 heteroatoms. The lowest BCUT2D eigenvalue weighted by molar-refractivity contribution is -0.945. The molecule has 1 heterocycles. The summed E-state index contributed by atoms with van der Waals surface area (Å²) in [7, 11) is 3.34. The van der Waals surface area contributed by atoms with Crippen LogP contribution in [0.25, 0.3) is 0 Å². The quantitative estimate of drug-likeness (QED) is 0.755. The molecule has 3 rings (SSSR count). The molecule has 1 unspecified atom stereocenters. The van der Waals surface area contributed by atoms with E-state index in [1.807, 2.05) is 13.8 Å². The minimum atomic E-state index is -0.0244. The first-order valence-corrected chi connectivity index (χ1v) is 10.4. The van der Waals surface area contributed by atoms with Gasteiger partial charge in [-0.1, -0.05) is 43.7 Å². The Balaban J connectivity index is 1.93. The monoisotopic (exact) mass is 397 g/mol. The van der Waals surface area contributed by atoms with Crippen LogP contribution in [0.1, 0.15) is 42.1 Å². The minimum Gasteiger partial charge on any atom is -0.493 e. The number of benzene rings is 2. The summed E-state index contributed by atoms with van der Waals surface area (Å²) in [5.74, 6) is 1.57. The Morgan fingerprint density at radius 3 is 2.55 bits per heavy atom. The van der Waals surface area contributed by atoms with Crippen LogP contribution in [-0.4, -0.2) is 33.2 Å². The number of hydrogen-bond acceptors (Lipinski definition) is 3. The number of ether oxygens (including phenoxy) is 2. The zero-order valence-corrected chi connectivity index (χ0v) is 18.2. The number of rotatable bonds is 7. The van der Waals surface area contributed by atoms with E-state index in [9.17, 15) is 4.79 Å². The summed E-state index contributed by atoms with van der Waals surface area (Å²) in [5, 5.41) is 3.15. The maximum Gasteiger partial charge on any atom is 0.222 e. The van der Waals surface area contributed by atoms with E-state index in [0.29, 0.717) is 6.54 Å². The summed E-state index contributed by atoms with van der Waals surface area (Å²) in [6, 6.07) is 13.0. The minimum absolute atomic E-state index is 0.0244. The van der Waals surface area contributed by atoms with Gasteiger partial charge in [-0.15, -0.1) is 0 Å². The summed E-state index contributed by atoms with van der Waals surface area (Å²) < 4.78 is 11.1. The molecule has 29 heavy (non-hydrogen) atoms. The van der Waals surface area contributed by atoms with Crippen LogP contribution in [0.15, 0.2) is 36.4 Å². The van der Waals surface area contributed by atoms with Crippen molar-refractivity contribution in [3.8, 4) is 11.5 Å². The molecule has 2 atom stereocenters. The molecule has 0 saturated heterocycles. The van der Waals surface area contributed by atoms with Crippen molar-refractivity contribution >= 4 is 5.91 Å². The molecule has 0 aromatic heterocycles. The van der Waals surface area contributed by atoms with Crippen molar-refractivity contribution in [2.75, 3.05) is 27.3 Å². The van der Waals surface area contributed by atoms with Crippen LogP contribution in [0.4, 0.5) is 0 Å². The predicted molar refractivity (Wildman–Crippen MR) is 115 cm³/mol. The van der Waals surface area contributed by atoms with Crippen molar-refractivity contribution in [3.05, 3.63) is 58.7 Å². The zero-order chi connectivity index (χ0) is 21.0. The maximum atomic E-state index is 12.3. The first kappa shape index (κ1) is 21.2. The molecule has 0 fully saturated rings. The molecule has 1 aliphatic rings. The van der Waals surface area contributed by atoms with Gasteiger partial charge in [0.15, 0.2) is 11.5 Å². The number of aryl methyl sites for hydroxylation is 1. The van der Waals surface area contributed by atoms with E-state index in [4.69, 9.17) is 9.47 Å². The average molecular weight is 398 g/mol. The van der Waals surface area contributed by atoms with Gasteiger partial charge in [0.25, 0.3) is 0 Å². The third-order valence-corrected chi connectivity index (χ3v) is 5.75. The van der Waals surface area contributed by atoms with Crippen LogP contribution >= 0.6 is 0 Å². The molecule has 0 bridgehead atoms. The van der Waals surface area contributed by atoms with Crippen LogP contribution in [-0.2, 0) is 17.8 Å².